The fourth-order valence-corrected chi connectivity index (χ4v) is 5.21. The van der Waals surface area contributed by atoms with Crippen molar-refractivity contribution in [1.82, 2.24) is 0 Å². The van der Waals surface area contributed by atoms with Crippen molar-refractivity contribution in [3.05, 3.63) is 66.8 Å². The topological polar surface area (TPSA) is 18.5 Å². The minimum absolute atomic E-state index is 0.979. The summed E-state index contributed by atoms with van der Waals surface area (Å²) in [6, 6.07) is 0. The Morgan fingerprint density at radius 2 is 0.576 bits per heavy atom. The van der Waals surface area contributed by atoms with Gasteiger partial charge in [-0.25, -0.2) is 0 Å². The van der Waals surface area contributed by atoms with Crippen LogP contribution in [0.3, 0.4) is 0 Å². The van der Waals surface area contributed by atoms with Crippen molar-refractivity contribution in [2.24, 2.45) is 0 Å². The van der Waals surface area contributed by atoms with Gasteiger partial charge in [0, 0.05) is 13.1 Å². The summed E-state index contributed by atoms with van der Waals surface area (Å²) in [4.78, 5) is 0. The lowest BCUT2D eigenvalue weighted by Crippen LogP contribution is -2.37. The van der Waals surface area contributed by atoms with Crippen molar-refractivity contribution in [3.63, 3.8) is 0 Å². The maximum absolute atomic E-state index is 5.96. The molecule has 33 heavy (non-hydrogen) atoms. The lowest BCUT2D eigenvalue weighted by Gasteiger charge is -2.15. The molecule has 1 aliphatic rings. The van der Waals surface area contributed by atoms with Crippen LogP contribution >= 0.6 is 0 Å². The Bertz CT molecular complexity index is 910. The van der Waals surface area contributed by atoms with E-state index in [1.165, 1.54) is 66.8 Å². The predicted octanol–water partition coefficient (Wildman–Crippen LogP) is 9.29. The minimum Gasteiger partial charge on any atom is -0.509 e. The van der Waals surface area contributed by atoms with Crippen molar-refractivity contribution in [2.45, 2.75) is 110 Å². The van der Waals surface area contributed by atoms with Crippen LogP contribution in [0.5, 0.6) is 11.5 Å². The van der Waals surface area contributed by atoms with E-state index >= 15 is 0 Å². The van der Waals surface area contributed by atoms with E-state index in [1.807, 2.05) is 0 Å². The summed E-state index contributed by atoms with van der Waals surface area (Å²) >= 11 is 0. The van der Waals surface area contributed by atoms with Crippen molar-refractivity contribution < 1.29 is 8.85 Å². The molecule has 0 saturated carbocycles. The third kappa shape index (κ3) is 6.53. The van der Waals surface area contributed by atoms with E-state index in [2.05, 4.69) is 110 Å². The average Bonchev–Trinajstić information content (AvgIpc) is 3.08. The summed E-state index contributed by atoms with van der Waals surface area (Å²) in [6.45, 7) is 34.4. The van der Waals surface area contributed by atoms with Crippen molar-refractivity contribution >= 4 is 8.56 Å². The summed E-state index contributed by atoms with van der Waals surface area (Å²) in [5.41, 5.74) is 16.7. The van der Waals surface area contributed by atoms with Crippen molar-refractivity contribution in [1.29, 1.82) is 0 Å². The molecule has 0 aliphatic carbocycles. The number of hydrogen-bond acceptors (Lipinski definition) is 2. The van der Waals surface area contributed by atoms with Crippen LogP contribution in [0, 0.1) is 69.2 Å². The minimum atomic E-state index is -1.95. The molecule has 0 saturated heterocycles. The van der Waals surface area contributed by atoms with Crippen LogP contribution in [-0.2, 0) is 0 Å². The number of fused-ring (bicyclic) bond motifs is 1. The highest BCUT2D eigenvalue weighted by Crippen LogP contribution is 2.45. The van der Waals surface area contributed by atoms with Gasteiger partial charge >= 0.3 is 8.56 Å². The fraction of sp³-hybridized carbons (Fsp3) is 0.533. The third-order valence-corrected chi connectivity index (χ3v) is 9.04. The number of benzene rings is 2. The third-order valence-electron chi connectivity index (χ3n) is 7.65. The van der Waals surface area contributed by atoms with Gasteiger partial charge in [-0.1, -0.05) is 11.1 Å². The number of hydrogen-bond donors (Lipinski definition) is 0. The molecule has 2 aromatic carbocycles. The second kappa shape index (κ2) is 10.9. The Balaban J connectivity index is 0.000000272. The quantitative estimate of drug-likeness (QED) is 0.283. The zero-order valence-corrected chi connectivity index (χ0v) is 25.3. The maximum Gasteiger partial charge on any atom is 0.454 e. The van der Waals surface area contributed by atoms with Gasteiger partial charge in [0.25, 0.3) is 0 Å². The summed E-state index contributed by atoms with van der Waals surface area (Å²) in [6.07, 6.45) is 0. The van der Waals surface area contributed by atoms with Crippen LogP contribution in [0.2, 0.25) is 13.1 Å². The van der Waals surface area contributed by atoms with Gasteiger partial charge < -0.3 is 8.85 Å². The Labute approximate surface area is 205 Å². The Kier molecular flexibility index (Phi) is 9.63. The highest BCUT2D eigenvalue weighted by molar-refractivity contribution is 6.67. The Hall–Kier alpha value is -2.00. The van der Waals surface area contributed by atoms with E-state index in [4.69, 9.17) is 8.85 Å². The van der Waals surface area contributed by atoms with Gasteiger partial charge in [-0.15, -0.1) is 0 Å². The molecule has 1 heterocycles. The summed E-state index contributed by atoms with van der Waals surface area (Å²) < 4.78 is 11.9. The lowest BCUT2D eigenvalue weighted by atomic mass is 9.90. The molecule has 0 unspecified atom stereocenters. The molecule has 2 nitrogen and oxygen atoms in total. The Morgan fingerprint density at radius 1 is 0.394 bits per heavy atom. The average molecular weight is 469 g/mol. The molecular formula is C30H48O2Si. The first-order chi connectivity index (χ1) is 14.9. The van der Waals surface area contributed by atoms with Gasteiger partial charge in [0.05, 0.1) is 0 Å². The Morgan fingerprint density at radius 3 is 0.758 bits per heavy atom. The highest BCUT2D eigenvalue weighted by Gasteiger charge is 2.39. The second-order valence-electron chi connectivity index (χ2n) is 10.5. The molecule has 0 fully saturated rings. The molecule has 0 bridgehead atoms. The first kappa shape index (κ1) is 29.0. The molecule has 0 N–H and O–H groups in total. The van der Waals surface area contributed by atoms with Crippen LogP contribution in [0.4, 0.5) is 0 Å². The largest absolute Gasteiger partial charge is 0.509 e. The first-order valence-corrected chi connectivity index (χ1v) is 14.9. The molecule has 0 aromatic heterocycles. The van der Waals surface area contributed by atoms with Gasteiger partial charge in [-0.2, -0.15) is 0 Å². The standard InChI is InChI=1S/C12H18O2Si.C12H18.C6H12/c1-7-8(2)10(4)12-11(9(7)3)13-15(5,6)14-12;1-7-8(2)10(4)12(6)11(5)9(7)3;1-5(2)6(3)4/h1-6H3;1-6H3;1-4H3. The van der Waals surface area contributed by atoms with Gasteiger partial charge in [-0.05, 0) is 153 Å². The summed E-state index contributed by atoms with van der Waals surface area (Å²) in [5.74, 6) is 1.96. The monoisotopic (exact) mass is 468 g/mol. The molecule has 0 amide bonds. The van der Waals surface area contributed by atoms with E-state index in [0.717, 1.165) is 11.5 Å². The van der Waals surface area contributed by atoms with Crippen LogP contribution in [-0.4, -0.2) is 8.56 Å². The molecule has 1 aliphatic heterocycles. The fourth-order valence-electron chi connectivity index (χ4n) is 3.69. The normalized spacial score (nSPS) is 13.0. The smallest absolute Gasteiger partial charge is 0.454 e. The predicted molar refractivity (Wildman–Crippen MR) is 149 cm³/mol. The molecule has 3 heteroatoms. The van der Waals surface area contributed by atoms with Crippen LogP contribution in [0.1, 0.15) is 83.3 Å². The van der Waals surface area contributed by atoms with Gasteiger partial charge in [0.2, 0.25) is 0 Å². The summed E-state index contributed by atoms with van der Waals surface area (Å²) in [5, 5.41) is 0. The van der Waals surface area contributed by atoms with Gasteiger partial charge in [0.1, 0.15) is 0 Å². The van der Waals surface area contributed by atoms with Gasteiger partial charge in [-0.3, -0.25) is 0 Å². The van der Waals surface area contributed by atoms with E-state index in [0.29, 0.717) is 0 Å². The van der Waals surface area contributed by atoms with Crippen molar-refractivity contribution in [2.75, 3.05) is 0 Å². The molecule has 0 atom stereocenters. The van der Waals surface area contributed by atoms with Crippen molar-refractivity contribution in [3.8, 4) is 11.5 Å². The highest BCUT2D eigenvalue weighted by atomic mass is 28.4. The maximum atomic E-state index is 5.96. The SMILES string of the molecule is CC(C)=C(C)C.Cc1c(C)c(C)c(C)c(C)c1C.Cc1c(C)c(C)c2c(c1C)O[Si](C)(C)O2. The van der Waals surface area contributed by atoms with E-state index in [-0.39, 0.29) is 0 Å². The number of allylic oxidation sites excluding steroid dienone is 2. The number of rotatable bonds is 0. The molecule has 184 valence electrons. The lowest BCUT2D eigenvalue weighted by molar-refractivity contribution is 0.472. The molecule has 2 aromatic rings. The summed E-state index contributed by atoms with van der Waals surface area (Å²) in [7, 11) is -1.95. The molecule has 0 spiro atoms. The molecule has 3 rings (SSSR count). The van der Waals surface area contributed by atoms with E-state index in [9.17, 15) is 0 Å². The first-order valence-electron chi connectivity index (χ1n) is 12.1. The molecular weight excluding hydrogens is 420 g/mol. The second-order valence-corrected chi connectivity index (χ2v) is 13.7. The van der Waals surface area contributed by atoms with E-state index in [1.54, 1.807) is 0 Å². The zero-order chi connectivity index (χ0) is 26.0. The van der Waals surface area contributed by atoms with Crippen LogP contribution < -0.4 is 8.85 Å². The van der Waals surface area contributed by atoms with E-state index < -0.39 is 8.56 Å². The van der Waals surface area contributed by atoms with Crippen LogP contribution in [0.25, 0.3) is 0 Å². The zero-order valence-electron chi connectivity index (χ0n) is 24.3. The molecule has 0 radical (unpaired) electrons. The van der Waals surface area contributed by atoms with Crippen LogP contribution in [0.15, 0.2) is 11.1 Å². The van der Waals surface area contributed by atoms with Gasteiger partial charge in [0.15, 0.2) is 11.5 Å².